The summed E-state index contributed by atoms with van der Waals surface area (Å²) in [5, 5.41) is 2.92. The Labute approximate surface area is 154 Å². The highest BCUT2D eigenvalue weighted by molar-refractivity contribution is 9.10. The molecule has 0 aliphatic carbocycles. The minimum atomic E-state index is -0.567. The number of H-pyrrole nitrogens is 1. The molecule has 25 heavy (non-hydrogen) atoms. The van der Waals surface area contributed by atoms with Gasteiger partial charge in [-0.1, -0.05) is 40.2 Å². The van der Waals surface area contributed by atoms with Gasteiger partial charge in [0.05, 0.1) is 11.0 Å². The van der Waals surface area contributed by atoms with Gasteiger partial charge in [0.2, 0.25) is 0 Å². The number of hydrogen-bond donors (Lipinski definition) is 2. The summed E-state index contributed by atoms with van der Waals surface area (Å²) in [6, 6.07) is 15.1. The SMILES string of the molecule is CC(C)(C)OC(=O)NC(c1ccc(Br)cc1)c1nc2ccccc2[nH]1. The first-order valence-corrected chi connectivity index (χ1v) is 8.81. The van der Waals surface area contributed by atoms with E-state index in [4.69, 9.17) is 4.74 Å². The lowest BCUT2D eigenvalue weighted by atomic mass is 10.1. The van der Waals surface area contributed by atoms with Crippen LogP contribution in [0.2, 0.25) is 0 Å². The van der Waals surface area contributed by atoms with Crippen LogP contribution in [0.25, 0.3) is 11.0 Å². The third-order valence-corrected chi connectivity index (χ3v) is 4.07. The fourth-order valence-electron chi connectivity index (χ4n) is 2.50. The van der Waals surface area contributed by atoms with Gasteiger partial charge in [0.25, 0.3) is 0 Å². The van der Waals surface area contributed by atoms with Gasteiger partial charge in [0.15, 0.2) is 0 Å². The average Bonchev–Trinajstić information content (AvgIpc) is 2.95. The molecule has 1 atom stereocenters. The van der Waals surface area contributed by atoms with Crippen LogP contribution in [0, 0.1) is 0 Å². The van der Waals surface area contributed by atoms with E-state index in [1.54, 1.807) is 0 Å². The molecule has 5 nitrogen and oxygen atoms in total. The highest BCUT2D eigenvalue weighted by Gasteiger charge is 2.24. The maximum Gasteiger partial charge on any atom is 0.408 e. The monoisotopic (exact) mass is 401 g/mol. The number of carbonyl (C=O) groups is 1. The molecule has 0 radical (unpaired) electrons. The Hall–Kier alpha value is -2.34. The van der Waals surface area contributed by atoms with Crippen LogP contribution in [0.1, 0.15) is 38.2 Å². The molecule has 0 aliphatic rings. The molecule has 1 aromatic heterocycles. The Morgan fingerprint density at radius 1 is 1.16 bits per heavy atom. The van der Waals surface area contributed by atoms with Crippen LogP contribution in [0.3, 0.4) is 0 Å². The first kappa shape index (κ1) is 17.5. The van der Waals surface area contributed by atoms with Gasteiger partial charge in [-0.15, -0.1) is 0 Å². The highest BCUT2D eigenvalue weighted by atomic mass is 79.9. The van der Waals surface area contributed by atoms with Crippen LogP contribution in [-0.2, 0) is 4.74 Å². The molecule has 6 heteroatoms. The number of nitrogens with zero attached hydrogens (tertiary/aromatic N) is 1. The zero-order valence-electron chi connectivity index (χ0n) is 14.3. The van der Waals surface area contributed by atoms with Crippen LogP contribution in [0.4, 0.5) is 4.79 Å². The highest BCUT2D eigenvalue weighted by Crippen LogP contribution is 2.24. The Morgan fingerprint density at radius 3 is 2.48 bits per heavy atom. The molecule has 0 saturated carbocycles. The number of fused-ring (bicyclic) bond motifs is 1. The number of benzene rings is 2. The summed E-state index contributed by atoms with van der Waals surface area (Å²) in [7, 11) is 0. The van der Waals surface area contributed by atoms with Gasteiger partial charge < -0.3 is 15.0 Å². The zero-order valence-corrected chi connectivity index (χ0v) is 15.9. The third kappa shape index (κ3) is 4.39. The maximum absolute atomic E-state index is 12.3. The number of amides is 1. The summed E-state index contributed by atoms with van der Waals surface area (Å²) in [4.78, 5) is 20.2. The molecule has 0 bridgehead atoms. The Kier molecular flexibility index (Phi) is 4.81. The number of alkyl carbamates (subject to hydrolysis) is 1. The number of halogens is 1. The number of aromatic nitrogens is 2. The lowest BCUT2D eigenvalue weighted by Crippen LogP contribution is -2.35. The number of nitrogens with one attached hydrogen (secondary N) is 2. The normalized spacial score (nSPS) is 12.8. The minimum absolute atomic E-state index is 0.435. The van der Waals surface area contributed by atoms with Crippen molar-refractivity contribution in [2.75, 3.05) is 0 Å². The van der Waals surface area contributed by atoms with E-state index in [0.717, 1.165) is 21.1 Å². The first-order valence-electron chi connectivity index (χ1n) is 8.01. The van der Waals surface area contributed by atoms with Crippen molar-refractivity contribution in [3.05, 3.63) is 64.4 Å². The van der Waals surface area contributed by atoms with E-state index in [0.29, 0.717) is 5.82 Å². The van der Waals surface area contributed by atoms with Crippen LogP contribution < -0.4 is 5.32 Å². The summed E-state index contributed by atoms with van der Waals surface area (Å²) in [6.07, 6.45) is -0.485. The molecule has 2 aromatic carbocycles. The molecule has 0 spiro atoms. The molecule has 1 unspecified atom stereocenters. The van der Waals surface area contributed by atoms with Crippen molar-refractivity contribution in [1.29, 1.82) is 0 Å². The van der Waals surface area contributed by atoms with E-state index in [1.165, 1.54) is 0 Å². The molecular formula is C19H20BrN3O2. The van der Waals surface area contributed by atoms with E-state index in [9.17, 15) is 4.79 Å². The number of para-hydroxylation sites is 2. The maximum atomic E-state index is 12.3. The van der Waals surface area contributed by atoms with Crippen molar-refractivity contribution in [2.24, 2.45) is 0 Å². The number of hydrogen-bond acceptors (Lipinski definition) is 3. The van der Waals surface area contributed by atoms with Crippen molar-refractivity contribution in [2.45, 2.75) is 32.4 Å². The molecule has 1 amide bonds. The summed E-state index contributed by atoms with van der Waals surface area (Å²) in [5.74, 6) is 0.661. The summed E-state index contributed by atoms with van der Waals surface area (Å²) in [5.41, 5.74) is 2.12. The number of imidazole rings is 1. The van der Waals surface area contributed by atoms with E-state index >= 15 is 0 Å². The first-order chi connectivity index (χ1) is 11.8. The van der Waals surface area contributed by atoms with Crippen LogP contribution >= 0.6 is 15.9 Å². The van der Waals surface area contributed by atoms with Gasteiger partial charge in [-0.3, -0.25) is 0 Å². The molecular weight excluding hydrogens is 382 g/mol. The largest absolute Gasteiger partial charge is 0.444 e. The predicted molar refractivity (Wildman–Crippen MR) is 101 cm³/mol. The van der Waals surface area contributed by atoms with E-state index in [-0.39, 0.29) is 0 Å². The molecule has 1 heterocycles. The van der Waals surface area contributed by atoms with Gasteiger partial charge in [-0.05, 0) is 50.6 Å². The zero-order chi connectivity index (χ0) is 18.0. The summed E-state index contributed by atoms with van der Waals surface area (Å²) >= 11 is 3.43. The fourth-order valence-corrected chi connectivity index (χ4v) is 2.76. The number of ether oxygens (including phenoxy) is 1. The topological polar surface area (TPSA) is 67.0 Å². The lowest BCUT2D eigenvalue weighted by molar-refractivity contribution is 0.0510. The van der Waals surface area contributed by atoms with Crippen LogP contribution in [0.15, 0.2) is 53.0 Å². The lowest BCUT2D eigenvalue weighted by Gasteiger charge is -2.23. The second kappa shape index (κ2) is 6.88. The third-order valence-electron chi connectivity index (χ3n) is 3.55. The molecule has 0 aliphatic heterocycles. The molecule has 130 valence electrons. The molecule has 3 rings (SSSR count). The predicted octanol–water partition coefficient (Wildman–Crippen LogP) is 4.94. The molecule has 2 N–H and O–H groups in total. The second-order valence-corrected chi connectivity index (χ2v) is 7.69. The quantitative estimate of drug-likeness (QED) is 0.652. The van der Waals surface area contributed by atoms with Gasteiger partial charge in [0, 0.05) is 4.47 Å². The molecule has 0 saturated heterocycles. The van der Waals surface area contributed by atoms with Crippen LogP contribution in [-0.4, -0.2) is 21.7 Å². The van der Waals surface area contributed by atoms with E-state index in [2.05, 4.69) is 31.2 Å². The van der Waals surface area contributed by atoms with Crippen molar-refractivity contribution in [3.8, 4) is 0 Å². The Balaban J connectivity index is 1.96. The summed E-state index contributed by atoms with van der Waals surface area (Å²) in [6.45, 7) is 5.51. The van der Waals surface area contributed by atoms with Crippen molar-refractivity contribution in [1.82, 2.24) is 15.3 Å². The summed E-state index contributed by atoms with van der Waals surface area (Å²) < 4.78 is 6.38. The molecule has 3 aromatic rings. The standard InChI is InChI=1S/C19H20BrN3O2/c1-19(2,3)25-18(24)23-16(12-8-10-13(20)11-9-12)17-21-14-6-4-5-7-15(14)22-17/h4-11,16H,1-3H3,(H,21,22)(H,23,24). The number of rotatable bonds is 3. The smallest absolute Gasteiger partial charge is 0.408 e. The average molecular weight is 402 g/mol. The van der Waals surface area contributed by atoms with Crippen molar-refractivity contribution < 1.29 is 9.53 Å². The van der Waals surface area contributed by atoms with E-state index < -0.39 is 17.7 Å². The molecule has 0 fully saturated rings. The number of carbonyl (C=O) groups excluding carboxylic acids is 1. The van der Waals surface area contributed by atoms with Crippen LogP contribution in [0.5, 0.6) is 0 Å². The van der Waals surface area contributed by atoms with Gasteiger partial charge in [0.1, 0.15) is 17.5 Å². The van der Waals surface area contributed by atoms with Gasteiger partial charge in [-0.25, -0.2) is 9.78 Å². The fraction of sp³-hybridized carbons (Fsp3) is 0.263. The second-order valence-electron chi connectivity index (χ2n) is 6.77. The van der Waals surface area contributed by atoms with Crippen molar-refractivity contribution in [3.63, 3.8) is 0 Å². The minimum Gasteiger partial charge on any atom is -0.444 e. The Bertz CT molecular complexity index is 849. The van der Waals surface area contributed by atoms with Crippen molar-refractivity contribution >= 4 is 33.1 Å². The van der Waals surface area contributed by atoms with E-state index in [1.807, 2.05) is 69.3 Å². The van der Waals surface area contributed by atoms with Gasteiger partial charge >= 0.3 is 6.09 Å². The number of aromatic amines is 1. The Morgan fingerprint density at radius 2 is 1.84 bits per heavy atom. The van der Waals surface area contributed by atoms with Gasteiger partial charge in [-0.2, -0.15) is 0 Å².